The van der Waals surface area contributed by atoms with Crippen molar-refractivity contribution in [3.05, 3.63) is 53.6 Å². The molecule has 2 aromatic carbocycles. The van der Waals surface area contributed by atoms with E-state index < -0.39 is 25.1 Å². The van der Waals surface area contributed by atoms with E-state index in [1.165, 1.54) is 38.5 Å². The number of carbonyl (C=O) groups is 2. The third-order valence-electron chi connectivity index (χ3n) is 3.60. The molecule has 150 valence electrons. The van der Waals surface area contributed by atoms with Crippen LogP contribution in [0.2, 0.25) is 0 Å². The molecule has 9 heteroatoms. The Hall–Kier alpha value is -3.36. The zero-order valence-corrected chi connectivity index (χ0v) is 15.2. The Bertz CT molecular complexity index is 828. The van der Waals surface area contributed by atoms with Gasteiger partial charge in [-0.05, 0) is 29.8 Å². The van der Waals surface area contributed by atoms with Crippen LogP contribution in [0.25, 0.3) is 0 Å². The van der Waals surface area contributed by atoms with Crippen molar-refractivity contribution >= 4 is 11.9 Å². The summed E-state index contributed by atoms with van der Waals surface area (Å²) >= 11 is 0. The first kappa shape index (κ1) is 20.9. The molecule has 0 unspecified atom stereocenters. The zero-order valence-electron chi connectivity index (χ0n) is 15.2. The molecule has 0 fully saturated rings. The number of hydrogen-bond donors (Lipinski definition) is 1. The highest BCUT2D eigenvalue weighted by molar-refractivity contribution is 5.93. The number of benzene rings is 2. The van der Waals surface area contributed by atoms with Gasteiger partial charge in [-0.2, -0.15) is 8.78 Å². The van der Waals surface area contributed by atoms with Crippen LogP contribution in [0.4, 0.5) is 8.78 Å². The van der Waals surface area contributed by atoms with E-state index >= 15 is 0 Å². The number of rotatable bonds is 9. The smallest absolute Gasteiger partial charge is 0.387 e. The van der Waals surface area contributed by atoms with E-state index in [9.17, 15) is 18.4 Å². The second-order valence-electron chi connectivity index (χ2n) is 5.42. The number of esters is 1. The van der Waals surface area contributed by atoms with Crippen LogP contribution in [0, 0.1) is 0 Å². The number of methoxy groups -OCH3 is 2. The van der Waals surface area contributed by atoms with Crippen LogP contribution in [-0.4, -0.2) is 39.3 Å². The van der Waals surface area contributed by atoms with Crippen molar-refractivity contribution in [2.75, 3.05) is 20.8 Å². The zero-order chi connectivity index (χ0) is 20.5. The lowest BCUT2D eigenvalue weighted by molar-refractivity contribution is -0.124. The predicted molar refractivity (Wildman–Crippen MR) is 94.7 cm³/mol. The van der Waals surface area contributed by atoms with Crippen molar-refractivity contribution in [2.24, 2.45) is 0 Å². The lowest BCUT2D eigenvalue weighted by Gasteiger charge is -2.12. The van der Waals surface area contributed by atoms with Gasteiger partial charge in [0.15, 0.2) is 18.1 Å². The van der Waals surface area contributed by atoms with Gasteiger partial charge in [0, 0.05) is 6.54 Å². The molecule has 0 radical (unpaired) electrons. The van der Waals surface area contributed by atoms with Gasteiger partial charge in [0.05, 0.1) is 14.2 Å². The molecule has 1 N–H and O–H groups in total. The minimum atomic E-state index is -2.97. The summed E-state index contributed by atoms with van der Waals surface area (Å²) in [5.41, 5.74) is 0.792. The third-order valence-corrected chi connectivity index (χ3v) is 3.60. The predicted octanol–water partition coefficient (Wildman–Crippen LogP) is 2.78. The molecule has 2 rings (SSSR count). The van der Waals surface area contributed by atoms with Gasteiger partial charge in [-0.3, -0.25) is 4.79 Å². The molecule has 0 aliphatic heterocycles. The molecule has 0 saturated heterocycles. The maximum absolute atomic E-state index is 12.3. The fourth-order valence-corrected chi connectivity index (χ4v) is 2.29. The monoisotopic (exact) mass is 395 g/mol. The van der Waals surface area contributed by atoms with Gasteiger partial charge in [0.25, 0.3) is 5.91 Å². The highest BCUT2D eigenvalue weighted by atomic mass is 19.3. The quantitative estimate of drug-likeness (QED) is 0.658. The third kappa shape index (κ3) is 5.83. The molecule has 0 saturated carbocycles. The van der Waals surface area contributed by atoms with E-state index in [0.717, 1.165) is 0 Å². The Labute approximate surface area is 160 Å². The highest BCUT2D eigenvalue weighted by Gasteiger charge is 2.15. The van der Waals surface area contributed by atoms with Crippen LogP contribution < -0.4 is 19.5 Å². The number of nitrogens with one attached hydrogen (secondary N) is 1. The Morgan fingerprint density at radius 1 is 1.00 bits per heavy atom. The van der Waals surface area contributed by atoms with Gasteiger partial charge in [0.1, 0.15) is 11.3 Å². The fourth-order valence-electron chi connectivity index (χ4n) is 2.29. The maximum Gasteiger partial charge on any atom is 0.387 e. The van der Waals surface area contributed by atoms with Crippen molar-refractivity contribution < 1.29 is 37.3 Å². The number of halogens is 2. The molecule has 0 aliphatic carbocycles. The van der Waals surface area contributed by atoms with Crippen molar-refractivity contribution in [1.29, 1.82) is 0 Å². The largest absolute Gasteiger partial charge is 0.496 e. The van der Waals surface area contributed by atoms with Gasteiger partial charge >= 0.3 is 12.6 Å². The van der Waals surface area contributed by atoms with Gasteiger partial charge in [-0.25, -0.2) is 4.79 Å². The maximum atomic E-state index is 12.3. The number of para-hydroxylation sites is 1. The Balaban J connectivity index is 1.88. The number of hydrogen-bond acceptors (Lipinski definition) is 6. The summed E-state index contributed by atoms with van der Waals surface area (Å²) in [7, 11) is 2.73. The lowest BCUT2D eigenvalue weighted by atomic mass is 10.2. The van der Waals surface area contributed by atoms with Crippen LogP contribution in [-0.2, 0) is 16.1 Å². The van der Waals surface area contributed by atoms with Crippen LogP contribution in [0.3, 0.4) is 0 Å². The SMILES string of the molecule is COc1cc(CNC(=O)COC(=O)c2ccccc2OC)ccc1OC(F)F. The summed E-state index contributed by atoms with van der Waals surface area (Å²) in [6.07, 6.45) is 0. The normalized spacial score (nSPS) is 10.3. The summed E-state index contributed by atoms with van der Waals surface area (Å²) in [5, 5.41) is 2.55. The summed E-state index contributed by atoms with van der Waals surface area (Å²) in [5.74, 6) is -0.892. The van der Waals surface area contributed by atoms with E-state index in [1.807, 2.05) is 0 Å². The molecule has 7 nitrogen and oxygen atoms in total. The summed E-state index contributed by atoms with van der Waals surface area (Å²) in [4.78, 5) is 23.9. The van der Waals surface area contributed by atoms with Crippen LogP contribution in [0.5, 0.6) is 17.2 Å². The van der Waals surface area contributed by atoms with Gasteiger partial charge in [-0.15, -0.1) is 0 Å². The number of alkyl halides is 2. The van der Waals surface area contributed by atoms with Gasteiger partial charge in [-0.1, -0.05) is 18.2 Å². The first-order valence-corrected chi connectivity index (χ1v) is 8.13. The fraction of sp³-hybridized carbons (Fsp3) is 0.263. The molecular formula is C19H19F2NO6. The second-order valence-corrected chi connectivity index (χ2v) is 5.42. The lowest BCUT2D eigenvalue weighted by Crippen LogP contribution is -2.28. The molecule has 0 atom stereocenters. The molecule has 1 amide bonds. The van der Waals surface area contributed by atoms with E-state index in [4.69, 9.17) is 14.2 Å². The minimum Gasteiger partial charge on any atom is -0.496 e. The van der Waals surface area contributed by atoms with E-state index in [-0.39, 0.29) is 23.6 Å². The second kappa shape index (κ2) is 10.1. The molecule has 0 aromatic heterocycles. The number of amides is 1. The molecule has 0 bridgehead atoms. The van der Waals surface area contributed by atoms with Crippen LogP contribution in [0.15, 0.2) is 42.5 Å². The molecule has 0 aliphatic rings. The van der Waals surface area contributed by atoms with E-state index in [0.29, 0.717) is 11.3 Å². The highest BCUT2D eigenvalue weighted by Crippen LogP contribution is 2.29. The first-order valence-electron chi connectivity index (χ1n) is 8.13. The average Bonchev–Trinajstić information content (AvgIpc) is 2.70. The molecule has 28 heavy (non-hydrogen) atoms. The van der Waals surface area contributed by atoms with E-state index in [2.05, 4.69) is 10.1 Å². The average molecular weight is 395 g/mol. The van der Waals surface area contributed by atoms with Crippen LogP contribution in [0.1, 0.15) is 15.9 Å². The minimum absolute atomic E-state index is 0.0797. The summed E-state index contributed by atoms with van der Waals surface area (Å²) < 4.78 is 44.0. The molecule has 2 aromatic rings. The van der Waals surface area contributed by atoms with Crippen molar-refractivity contribution in [2.45, 2.75) is 13.2 Å². The number of ether oxygens (including phenoxy) is 4. The Kier molecular flexibility index (Phi) is 7.55. The van der Waals surface area contributed by atoms with Crippen molar-refractivity contribution in [3.8, 4) is 17.2 Å². The number of carbonyl (C=O) groups excluding carboxylic acids is 2. The van der Waals surface area contributed by atoms with Gasteiger partial charge in [0.2, 0.25) is 0 Å². The topological polar surface area (TPSA) is 83.1 Å². The standard InChI is InChI=1S/C19H19F2NO6/c1-25-14-6-4-3-5-13(14)18(24)27-11-17(23)22-10-12-7-8-15(28-19(20)21)16(9-12)26-2/h3-9,19H,10-11H2,1-2H3,(H,22,23). The van der Waals surface area contributed by atoms with Crippen molar-refractivity contribution in [3.63, 3.8) is 0 Å². The molecule has 0 spiro atoms. The Morgan fingerprint density at radius 3 is 2.39 bits per heavy atom. The summed E-state index contributed by atoms with van der Waals surface area (Å²) in [6.45, 7) is -3.38. The van der Waals surface area contributed by atoms with Crippen LogP contribution >= 0.6 is 0 Å². The van der Waals surface area contributed by atoms with Crippen molar-refractivity contribution in [1.82, 2.24) is 5.32 Å². The molecular weight excluding hydrogens is 376 g/mol. The van der Waals surface area contributed by atoms with E-state index in [1.54, 1.807) is 18.2 Å². The summed E-state index contributed by atoms with van der Waals surface area (Å²) in [6, 6.07) is 10.7. The van der Waals surface area contributed by atoms with Gasteiger partial charge < -0.3 is 24.3 Å². The Morgan fingerprint density at radius 2 is 1.71 bits per heavy atom. The first-order chi connectivity index (χ1) is 13.4. The molecule has 0 heterocycles.